The Labute approximate surface area is 195 Å². The third-order valence-electron chi connectivity index (χ3n) is 5.28. The highest BCUT2D eigenvalue weighted by Crippen LogP contribution is 2.18. The molecule has 2 amide bonds. The Balaban J connectivity index is 1.93. The van der Waals surface area contributed by atoms with Gasteiger partial charge in [0.2, 0.25) is 11.8 Å². The Morgan fingerprint density at radius 3 is 2.03 bits per heavy atom. The maximum absolute atomic E-state index is 13.5. The Bertz CT molecular complexity index is 991. The quantitative estimate of drug-likeness (QED) is 0.472. The van der Waals surface area contributed by atoms with Crippen LogP contribution in [0.3, 0.4) is 0 Å². The Morgan fingerprint density at radius 2 is 1.44 bits per heavy atom. The molecule has 0 aromatic heterocycles. The van der Waals surface area contributed by atoms with E-state index in [1.54, 1.807) is 17.0 Å². The van der Waals surface area contributed by atoms with Crippen molar-refractivity contribution in [3.63, 3.8) is 0 Å². The van der Waals surface area contributed by atoms with Crippen molar-refractivity contribution in [1.82, 2.24) is 10.2 Å². The molecule has 0 radical (unpaired) electrons. The maximum Gasteiger partial charge on any atom is 0.243 e. The van der Waals surface area contributed by atoms with Crippen molar-refractivity contribution >= 4 is 23.4 Å². The SMILES string of the molecule is CCCNC(=O)[C@@H](Cc1ccccc1)N(Cc1ccc(Cl)cc1)C(=O)Cc1ccccc1. The Morgan fingerprint density at radius 1 is 0.844 bits per heavy atom. The van der Waals surface area contributed by atoms with Gasteiger partial charge in [-0.1, -0.05) is 91.3 Å². The molecule has 0 aliphatic heterocycles. The smallest absolute Gasteiger partial charge is 0.243 e. The van der Waals surface area contributed by atoms with Gasteiger partial charge in [0.05, 0.1) is 6.42 Å². The first kappa shape index (κ1) is 23.6. The molecule has 0 saturated carbocycles. The molecule has 3 aromatic rings. The summed E-state index contributed by atoms with van der Waals surface area (Å²) in [5.74, 6) is -0.218. The molecule has 1 N–H and O–H groups in total. The first-order chi connectivity index (χ1) is 15.6. The lowest BCUT2D eigenvalue weighted by Gasteiger charge is -2.31. The van der Waals surface area contributed by atoms with Crippen LogP contribution in [0.5, 0.6) is 0 Å². The lowest BCUT2D eigenvalue weighted by atomic mass is 10.0. The Kier molecular flexibility index (Phi) is 8.88. The molecule has 3 aromatic carbocycles. The predicted molar refractivity (Wildman–Crippen MR) is 129 cm³/mol. The zero-order chi connectivity index (χ0) is 22.8. The molecule has 32 heavy (non-hydrogen) atoms. The van der Waals surface area contributed by atoms with Crippen molar-refractivity contribution in [2.75, 3.05) is 6.54 Å². The summed E-state index contributed by atoms with van der Waals surface area (Å²) in [6.45, 7) is 2.92. The summed E-state index contributed by atoms with van der Waals surface area (Å²) in [7, 11) is 0. The van der Waals surface area contributed by atoms with E-state index in [-0.39, 0.29) is 18.2 Å². The molecule has 0 unspecified atom stereocenters. The molecule has 0 saturated heterocycles. The number of carbonyl (C=O) groups excluding carboxylic acids is 2. The van der Waals surface area contributed by atoms with Crippen LogP contribution in [0.25, 0.3) is 0 Å². The van der Waals surface area contributed by atoms with Crippen molar-refractivity contribution in [2.24, 2.45) is 0 Å². The van der Waals surface area contributed by atoms with Crippen LogP contribution in [-0.4, -0.2) is 29.3 Å². The number of hydrogen-bond acceptors (Lipinski definition) is 2. The van der Waals surface area contributed by atoms with E-state index in [2.05, 4.69) is 5.32 Å². The third-order valence-corrected chi connectivity index (χ3v) is 5.54. The number of rotatable bonds is 10. The van der Waals surface area contributed by atoms with Crippen molar-refractivity contribution in [3.8, 4) is 0 Å². The molecular formula is C27H29ClN2O2. The van der Waals surface area contributed by atoms with E-state index < -0.39 is 6.04 Å². The molecule has 1 atom stereocenters. The van der Waals surface area contributed by atoms with Crippen LogP contribution in [0.15, 0.2) is 84.9 Å². The molecule has 0 heterocycles. The topological polar surface area (TPSA) is 49.4 Å². The molecule has 0 fully saturated rings. The van der Waals surface area contributed by atoms with Crippen LogP contribution < -0.4 is 5.32 Å². The summed E-state index contributed by atoms with van der Waals surface area (Å²) in [5, 5.41) is 3.63. The minimum atomic E-state index is -0.615. The van der Waals surface area contributed by atoms with E-state index in [1.165, 1.54) is 0 Å². The molecular weight excluding hydrogens is 420 g/mol. The van der Waals surface area contributed by atoms with Gasteiger partial charge in [-0.05, 0) is 35.2 Å². The van der Waals surface area contributed by atoms with Gasteiger partial charge in [0.1, 0.15) is 6.04 Å². The average molecular weight is 449 g/mol. The number of hydrogen-bond donors (Lipinski definition) is 1. The number of nitrogens with one attached hydrogen (secondary N) is 1. The Hall–Kier alpha value is -3.11. The average Bonchev–Trinajstić information content (AvgIpc) is 2.82. The second-order valence-electron chi connectivity index (χ2n) is 7.81. The van der Waals surface area contributed by atoms with E-state index >= 15 is 0 Å². The van der Waals surface area contributed by atoms with Crippen LogP contribution in [0, 0.1) is 0 Å². The van der Waals surface area contributed by atoms with Crippen LogP contribution in [0.1, 0.15) is 30.0 Å². The van der Waals surface area contributed by atoms with E-state index in [0.29, 0.717) is 24.5 Å². The summed E-state index contributed by atoms with van der Waals surface area (Å²) < 4.78 is 0. The lowest BCUT2D eigenvalue weighted by Crippen LogP contribution is -2.51. The van der Waals surface area contributed by atoms with Crippen LogP contribution in [-0.2, 0) is 29.0 Å². The summed E-state index contributed by atoms with van der Waals surface area (Å²) in [5.41, 5.74) is 2.86. The summed E-state index contributed by atoms with van der Waals surface area (Å²) in [6, 6.07) is 26.2. The minimum absolute atomic E-state index is 0.0845. The molecule has 5 heteroatoms. The lowest BCUT2D eigenvalue weighted by molar-refractivity contribution is -0.140. The third kappa shape index (κ3) is 6.96. The van der Waals surface area contributed by atoms with Gasteiger partial charge in [-0.15, -0.1) is 0 Å². The van der Waals surface area contributed by atoms with Crippen LogP contribution in [0.4, 0.5) is 0 Å². The van der Waals surface area contributed by atoms with E-state index in [4.69, 9.17) is 11.6 Å². The zero-order valence-corrected chi connectivity index (χ0v) is 19.1. The molecule has 0 aliphatic carbocycles. The van der Waals surface area contributed by atoms with Gasteiger partial charge in [0.25, 0.3) is 0 Å². The van der Waals surface area contributed by atoms with Crippen LogP contribution >= 0.6 is 11.6 Å². The first-order valence-corrected chi connectivity index (χ1v) is 11.3. The number of carbonyl (C=O) groups is 2. The molecule has 0 spiro atoms. The molecule has 166 valence electrons. The monoisotopic (exact) mass is 448 g/mol. The fourth-order valence-corrected chi connectivity index (χ4v) is 3.70. The van der Waals surface area contributed by atoms with Crippen molar-refractivity contribution in [1.29, 1.82) is 0 Å². The van der Waals surface area contributed by atoms with Crippen molar-refractivity contribution in [2.45, 2.75) is 38.8 Å². The van der Waals surface area contributed by atoms with Gasteiger partial charge in [-0.3, -0.25) is 9.59 Å². The van der Waals surface area contributed by atoms with Gasteiger partial charge >= 0.3 is 0 Å². The number of halogens is 1. The molecule has 3 rings (SSSR count). The zero-order valence-electron chi connectivity index (χ0n) is 18.3. The fourth-order valence-electron chi connectivity index (χ4n) is 3.58. The van der Waals surface area contributed by atoms with Gasteiger partial charge < -0.3 is 10.2 Å². The largest absolute Gasteiger partial charge is 0.354 e. The second kappa shape index (κ2) is 12.1. The van der Waals surface area contributed by atoms with Gasteiger partial charge in [0.15, 0.2) is 0 Å². The number of amides is 2. The van der Waals surface area contributed by atoms with Crippen molar-refractivity contribution in [3.05, 3.63) is 107 Å². The highest BCUT2D eigenvalue weighted by Gasteiger charge is 2.30. The highest BCUT2D eigenvalue weighted by molar-refractivity contribution is 6.30. The number of benzene rings is 3. The van der Waals surface area contributed by atoms with E-state index in [1.807, 2.05) is 79.7 Å². The van der Waals surface area contributed by atoms with Gasteiger partial charge in [0, 0.05) is 24.5 Å². The minimum Gasteiger partial charge on any atom is -0.354 e. The van der Waals surface area contributed by atoms with Crippen LogP contribution in [0.2, 0.25) is 5.02 Å². The second-order valence-corrected chi connectivity index (χ2v) is 8.24. The standard InChI is InChI=1S/C27H29ClN2O2/c1-2-17-29-27(32)25(18-21-9-5-3-6-10-21)30(20-23-13-15-24(28)16-14-23)26(31)19-22-11-7-4-8-12-22/h3-16,25H,2,17-20H2,1H3,(H,29,32)/t25-/m1/s1. The van der Waals surface area contributed by atoms with E-state index in [9.17, 15) is 9.59 Å². The molecule has 0 aliphatic rings. The molecule has 4 nitrogen and oxygen atoms in total. The predicted octanol–water partition coefficient (Wildman–Crippen LogP) is 5.05. The summed E-state index contributed by atoms with van der Waals surface area (Å²) in [6.07, 6.45) is 1.52. The van der Waals surface area contributed by atoms with Crippen molar-refractivity contribution < 1.29 is 9.59 Å². The van der Waals surface area contributed by atoms with E-state index in [0.717, 1.165) is 23.1 Å². The summed E-state index contributed by atoms with van der Waals surface area (Å²) in [4.78, 5) is 28.4. The number of nitrogens with zero attached hydrogens (tertiary/aromatic N) is 1. The van der Waals surface area contributed by atoms with Gasteiger partial charge in [-0.25, -0.2) is 0 Å². The first-order valence-electron chi connectivity index (χ1n) is 11.0. The molecule has 0 bridgehead atoms. The summed E-state index contributed by atoms with van der Waals surface area (Å²) >= 11 is 6.05. The highest BCUT2D eigenvalue weighted by atomic mass is 35.5. The maximum atomic E-state index is 13.5. The fraction of sp³-hybridized carbons (Fsp3) is 0.259. The van der Waals surface area contributed by atoms with Gasteiger partial charge in [-0.2, -0.15) is 0 Å². The normalized spacial score (nSPS) is 11.6.